The van der Waals surface area contributed by atoms with Crippen LogP contribution in [0, 0.1) is 18.0 Å². The Labute approximate surface area is 237 Å². The van der Waals surface area contributed by atoms with Crippen molar-refractivity contribution >= 4 is 21.9 Å². The third-order valence-corrected chi connectivity index (χ3v) is 7.50. The van der Waals surface area contributed by atoms with Crippen LogP contribution in [0.15, 0.2) is 64.8 Å². The van der Waals surface area contributed by atoms with Crippen LogP contribution in [0.3, 0.4) is 0 Å². The number of esters is 1. The van der Waals surface area contributed by atoms with Gasteiger partial charge in [0.05, 0.1) is 40.3 Å². The van der Waals surface area contributed by atoms with Crippen LogP contribution in [-0.4, -0.2) is 59.9 Å². The van der Waals surface area contributed by atoms with Crippen molar-refractivity contribution in [3.8, 4) is 16.9 Å². The van der Waals surface area contributed by atoms with E-state index >= 15 is 0 Å². The fourth-order valence-corrected chi connectivity index (χ4v) is 4.81. The second-order valence-corrected chi connectivity index (χ2v) is 10.9. The maximum absolute atomic E-state index is 13.4. The minimum Gasteiger partial charge on any atom is -0.569 e. The SMILES string of the molecule is CCC(=O)OCON=[N+]([O-])N1CC(C(=O)NS(=O)(=O)c2ccc(-n3nc(C(F)(F)F)cc3-c3ccc(C)cc3)cc2)C1. The summed E-state index contributed by atoms with van der Waals surface area (Å²) in [4.78, 5) is 27.8. The van der Waals surface area contributed by atoms with Crippen molar-refractivity contribution in [2.45, 2.75) is 31.3 Å². The van der Waals surface area contributed by atoms with Gasteiger partial charge >= 0.3 is 12.1 Å². The Morgan fingerprint density at radius 3 is 2.38 bits per heavy atom. The van der Waals surface area contributed by atoms with Crippen LogP contribution >= 0.6 is 0 Å². The summed E-state index contributed by atoms with van der Waals surface area (Å²) >= 11 is 0. The maximum Gasteiger partial charge on any atom is 0.435 e. The molecule has 0 saturated carbocycles. The van der Waals surface area contributed by atoms with E-state index in [2.05, 4.69) is 20.0 Å². The molecule has 3 aromatic rings. The van der Waals surface area contributed by atoms with Crippen LogP contribution in [0.1, 0.15) is 24.6 Å². The molecule has 1 fully saturated rings. The van der Waals surface area contributed by atoms with E-state index in [0.717, 1.165) is 33.5 Å². The van der Waals surface area contributed by atoms with Crippen molar-refractivity contribution in [2.24, 2.45) is 11.2 Å². The molecule has 0 aliphatic carbocycles. The number of carbonyl (C=O) groups is 2. The van der Waals surface area contributed by atoms with E-state index in [1.54, 1.807) is 31.2 Å². The molecule has 1 aliphatic rings. The van der Waals surface area contributed by atoms with Gasteiger partial charge in [-0.1, -0.05) is 36.8 Å². The lowest BCUT2D eigenvalue weighted by atomic mass is 10.0. The van der Waals surface area contributed by atoms with Gasteiger partial charge in [0, 0.05) is 12.0 Å². The quantitative estimate of drug-likeness (QED) is 0.0908. The predicted molar refractivity (Wildman–Crippen MR) is 138 cm³/mol. The number of nitrogens with one attached hydrogen (secondary N) is 1. The molecule has 2 heterocycles. The van der Waals surface area contributed by atoms with Crippen LogP contribution in [-0.2, 0) is 35.4 Å². The molecule has 0 radical (unpaired) electrons. The molecule has 1 saturated heterocycles. The highest BCUT2D eigenvalue weighted by Gasteiger charge is 2.40. The summed E-state index contributed by atoms with van der Waals surface area (Å²) in [6, 6.07) is 12.5. The molecule has 0 unspecified atom stereocenters. The Hall–Kier alpha value is -4.67. The van der Waals surface area contributed by atoms with Gasteiger partial charge in [0.15, 0.2) is 5.69 Å². The first-order chi connectivity index (χ1) is 19.8. The van der Waals surface area contributed by atoms with E-state index in [1.165, 1.54) is 12.1 Å². The molecule has 0 spiro atoms. The van der Waals surface area contributed by atoms with Gasteiger partial charge in [-0.05, 0) is 37.3 Å². The van der Waals surface area contributed by atoms with E-state index in [9.17, 15) is 36.4 Å². The number of sulfonamides is 1. The van der Waals surface area contributed by atoms with Gasteiger partial charge in [0.1, 0.15) is 0 Å². The number of ether oxygens (including phenoxy) is 1. The van der Waals surface area contributed by atoms with E-state index in [4.69, 9.17) is 0 Å². The number of benzene rings is 2. The summed E-state index contributed by atoms with van der Waals surface area (Å²) in [5.41, 5.74) is 0.567. The van der Waals surface area contributed by atoms with Crippen molar-refractivity contribution in [2.75, 3.05) is 19.9 Å². The van der Waals surface area contributed by atoms with Crippen LogP contribution in [0.5, 0.6) is 0 Å². The number of alkyl halides is 3. The molecule has 42 heavy (non-hydrogen) atoms. The lowest BCUT2D eigenvalue weighted by molar-refractivity contribution is -0.726. The molecule has 1 N–H and O–H groups in total. The number of hydrogen-bond acceptors (Lipinski definition) is 9. The number of carbonyl (C=O) groups excluding carboxylic acids is 2. The number of rotatable bonds is 10. The van der Waals surface area contributed by atoms with Crippen molar-refractivity contribution < 1.29 is 45.7 Å². The minimum atomic E-state index is -4.71. The van der Waals surface area contributed by atoms with Crippen molar-refractivity contribution in [3.05, 3.63) is 71.1 Å². The van der Waals surface area contributed by atoms with Crippen LogP contribution in [0.2, 0.25) is 0 Å². The number of hydrogen-bond donors (Lipinski definition) is 1. The molecular weight excluding hydrogens is 585 g/mol. The zero-order valence-corrected chi connectivity index (χ0v) is 23.1. The monoisotopic (exact) mass is 610 g/mol. The molecule has 0 atom stereocenters. The fourth-order valence-electron chi connectivity index (χ4n) is 3.77. The molecule has 224 valence electrons. The number of halogens is 3. The lowest BCUT2D eigenvalue weighted by Gasteiger charge is -2.32. The fraction of sp³-hybridized carbons (Fsp3) is 0.320. The first-order valence-electron chi connectivity index (χ1n) is 12.4. The predicted octanol–water partition coefficient (Wildman–Crippen LogP) is 3.32. The van der Waals surface area contributed by atoms with Crippen LogP contribution < -0.4 is 4.72 Å². The largest absolute Gasteiger partial charge is 0.569 e. The summed E-state index contributed by atoms with van der Waals surface area (Å²) in [6.45, 7) is 2.51. The molecular formula is C25H25F3N6O7S. The Morgan fingerprint density at radius 2 is 1.79 bits per heavy atom. The minimum absolute atomic E-state index is 0.0428. The van der Waals surface area contributed by atoms with Gasteiger partial charge in [0.25, 0.3) is 16.8 Å². The molecule has 0 bridgehead atoms. The zero-order valence-electron chi connectivity index (χ0n) is 22.2. The second-order valence-electron chi connectivity index (χ2n) is 9.17. The van der Waals surface area contributed by atoms with E-state index < -0.39 is 46.5 Å². The first kappa shape index (κ1) is 30.3. The van der Waals surface area contributed by atoms with Gasteiger partial charge < -0.3 is 14.8 Å². The smallest absolute Gasteiger partial charge is 0.435 e. The van der Waals surface area contributed by atoms with Crippen molar-refractivity contribution in [1.82, 2.24) is 19.5 Å². The van der Waals surface area contributed by atoms with E-state index in [-0.39, 0.29) is 40.8 Å². The van der Waals surface area contributed by atoms with Gasteiger partial charge in [0.2, 0.25) is 11.2 Å². The number of nitrogens with zero attached hydrogens (tertiary/aromatic N) is 5. The Kier molecular flexibility index (Phi) is 8.70. The van der Waals surface area contributed by atoms with E-state index in [1.807, 2.05) is 11.6 Å². The standard InChI is InChI=1S/C25H25F3N6O7S/c1-3-23(35)40-15-41-31-34(37)32-13-18(14-32)24(36)30-42(38,39)20-10-8-19(9-11-20)33-21(12-22(29-33)25(26,27)28)17-6-4-16(2)5-7-17/h4-12,18H,3,13-15H2,1-2H3,(H,30,36). The number of amides is 1. The van der Waals surface area contributed by atoms with Crippen molar-refractivity contribution in [1.29, 1.82) is 0 Å². The normalized spacial score (nSPS) is 14.3. The summed E-state index contributed by atoms with van der Waals surface area (Å²) in [5, 5.41) is 19.7. The molecule has 1 aliphatic heterocycles. The first-order valence-corrected chi connectivity index (χ1v) is 13.9. The Morgan fingerprint density at radius 1 is 1.14 bits per heavy atom. The average molecular weight is 611 g/mol. The lowest BCUT2D eigenvalue weighted by Crippen LogP contribution is -2.56. The summed E-state index contributed by atoms with van der Waals surface area (Å²) in [6.07, 6.45) is -4.59. The van der Waals surface area contributed by atoms with Crippen molar-refractivity contribution in [3.63, 3.8) is 0 Å². The Balaban J connectivity index is 1.42. The number of aromatic nitrogens is 2. The van der Waals surface area contributed by atoms with Gasteiger partial charge in [-0.3, -0.25) is 9.59 Å². The summed E-state index contributed by atoms with van der Waals surface area (Å²) in [7, 11) is -4.35. The highest BCUT2D eigenvalue weighted by molar-refractivity contribution is 7.90. The average Bonchev–Trinajstić information content (AvgIpc) is 3.36. The molecule has 1 aromatic heterocycles. The molecule has 17 heteroatoms. The number of aryl methyl sites for hydroxylation is 1. The molecule has 2 aromatic carbocycles. The zero-order chi connectivity index (χ0) is 30.7. The van der Waals surface area contributed by atoms with Gasteiger partial charge in [-0.15, -0.1) is 5.01 Å². The van der Waals surface area contributed by atoms with E-state index in [0.29, 0.717) is 5.56 Å². The maximum atomic E-state index is 13.4. The van der Waals surface area contributed by atoms with Gasteiger partial charge in [-0.2, -0.15) is 18.3 Å². The topological polar surface area (TPSA) is 158 Å². The van der Waals surface area contributed by atoms with Gasteiger partial charge in [-0.25, -0.2) is 17.8 Å². The molecule has 13 nitrogen and oxygen atoms in total. The summed E-state index contributed by atoms with van der Waals surface area (Å²) in [5.74, 6) is -2.28. The highest BCUT2D eigenvalue weighted by atomic mass is 32.2. The third-order valence-electron chi connectivity index (χ3n) is 6.14. The Bertz CT molecular complexity index is 1580. The highest BCUT2D eigenvalue weighted by Crippen LogP contribution is 2.33. The summed E-state index contributed by atoms with van der Waals surface area (Å²) < 4.78 is 73.5. The van der Waals surface area contributed by atoms with Crippen LogP contribution in [0.4, 0.5) is 13.2 Å². The van der Waals surface area contributed by atoms with Crippen LogP contribution in [0.25, 0.3) is 16.9 Å². The third kappa shape index (κ3) is 6.96. The second kappa shape index (κ2) is 12.1. The molecule has 4 rings (SSSR count). The molecule has 1 amide bonds. The number of hydrazine groups is 1.